The summed E-state index contributed by atoms with van der Waals surface area (Å²) in [6, 6.07) is 18.4. The number of nitrogens with zero attached hydrogens (tertiary/aromatic N) is 5. The molecule has 1 amide bonds. The van der Waals surface area contributed by atoms with Crippen LogP contribution in [0.4, 0.5) is 11.5 Å². The summed E-state index contributed by atoms with van der Waals surface area (Å²) in [6.45, 7) is 3.94. The lowest BCUT2D eigenvalue weighted by atomic mass is 10.1. The van der Waals surface area contributed by atoms with E-state index in [0.717, 1.165) is 17.1 Å². The fourth-order valence-electron chi connectivity index (χ4n) is 3.52. The lowest BCUT2D eigenvalue weighted by Crippen LogP contribution is -2.49. The van der Waals surface area contributed by atoms with Crippen molar-refractivity contribution < 1.29 is 9.72 Å². The Morgan fingerprint density at radius 2 is 1.70 bits per heavy atom. The smallest absolute Gasteiger partial charge is 0.273 e. The van der Waals surface area contributed by atoms with Gasteiger partial charge in [0.25, 0.3) is 11.6 Å². The van der Waals surface area contributed by atoms with Crippen LogP contribution in [0.3, 0.4) is 0 Å². The first kappa shape index (κ1) is 19.5. The summed E-state index contributed by atoms with van der Waals surface area (Å²) in [5, 5.41) is 19.8. The first-order chi connectivity index (χ1) is 14.5. The topological polar surface area (TPSA) is 92.5 Å². The minimum atomic E-state index is -0.457. The van der Waals surface area contributed by atoms with Crippen molar-refractivity contribution in [1.29, 1.82) is 0 Å². The van der Waals surface area contributed by atoms with Crippen molar-refractivity contribution in [3.8, 4) is 11.3 Å². The Morgan fingerprint density at radius 1 is 0.967 bits per heavy atom. The summed E-state index contributed by atoms with van der Waals surface area (Å²) in [6.07, 6.45) is 0. The number of nitro benzene ring substituents is 1. The van der Waals surface area contributed by atoms with Gasteiger partial charge in [0, 0.05) is 48.9 Å². The zero-order valence-electron chi connectivity index (χ0n) is 16.6. The molecule has 1 aliphatic heterocycles. The monoisotopic (exact) mass is 403 g/mol. The van der Waals surface area contributed by atoms with Crippen molar-refractivity contribution in [2.45, 2.75) is 6.92 Å². The maximum atomic E-state index is 12.8. The van der Waals surface area contributed by atoms with Crippen molar-refractivity contribution >= 4 is 17.4 Å². The molecule has 0 radical (unpaired) electrons. The van der Waals surface area contributed by atoms with Crippen LogP contribution in [0.2, 0.25) is 0 Å². The number of aryl methyl sites for hydroxylation is 1. The van der Waals surface area contributed by atoms with Gasteiger partial charge in [0.05, 0.1) is 10.6 Å². The van der Waals surface area contributed by atoms with Gasteiger partial charge in [0.15, 0.2) is 5.82 Å². The van der Waals surface area contributed by atoms with Gasteiger partial charge in [-0.15, -0.1) is 10.2 Å². The van der Waals surface area contributed by atoms with Crippen molar-refractivity contribution in [1.82, 2.24) is 15.1 Å². The van der Waals surface area contributed by atoms with Crippen molar-refractivity contribution in [3.05, 3.63) is 81.9 Å². The molecule has 3 aromatic rings. The predicted molar refractivity (Wildman–Crippen MR) is 113 cm³/mol. The summed E-state index contributed by atoms with van der Waals surface area (Å²) >= 11 is 0. The van der Waals surface area contributed by atoms with E-state index in [0.29, 0.717) is 37.3 Å². The van der Waals surface area contributed by atoms with Gasteiger partial charge < -0.3 is 9.80 Å². The fraction of sp³-hybridized carbons (Fsp3) is 0.227. The number of hydrogen-bond acceptors (Lipinski definition) is 6. The van der Waals surface area contributed by atoms with Crippen molar-refractivity contribution in [3.63, 3.8) is 0 Å². The fourth-order valence-corrected chi connectivity index (χ4v) is 3.52. The molecule has 1 aromatic heterocycles. The largest absolute Gasteiger partial charge is 0.352 e. The van der Waals surface area contributed by atoms with Crippen molar-refractivity contribution in [2.75, 3.05) is 31.1 Å². The molecule has 0 aliphatic carbocycles. The van der Waals surface area contributed by atoms with E-state index in [1.165, 1.54) is 6.07 Å². The third-order valence-corrected chi connectivity index (χ3v) is 5.26. The number of rotatable bonds is 4. The van der Waals surface area contributed by atoms with Crippen LogP contribution in [0.25, 0.3) is 11.3 Å². The second-order valence-corrected chi connectivity index (χ2v) is 7.18. The normalized spacial score (nSPS) is 13.9. The predicted octanol–water partition coefficient (Wildman–Crippen LogP) is 3.32. The van der Waals surface area contributed by atoms with Gasteiger partial charge >= 0.3 is 0 Å². The molecular formula is C22H21N5O3. The van der Waals surface area contributed by atoms with Crippen LogP contribution in [0, 0.1) is 17.0 Å². The Hall–Kier alpha value is -3.81. The van der Waals surface area contributed by atoms with Gasteiger partial charge in [-0.3, -0.25) is 14.9 Å². The first-order valence-corrected chi connectivity index (χ1v) is 9.71. The highest BCUT2D eigenvalue weighted by atomic mass is 16.6. The Bertz CT molecular complexity index is 1060. The Morgan fingerprint density at radius 3 is 2.33 bits per heavy atom. The second kappa shape index (κ2) is 8.28. The molecular weight excluding hydrogens is 382 g/mol. The number of hydrogen-bond donors (Lipinski definition) is 0. The van der Waals surface area contributed by atoms with Gasteiger partial charge in [-0.05, 0) is 25.1 Å². The standard InChI is InChI=1S/C22H21N5O3/c1-16-7-8-18(15-20(16)27(29)30)22(28)26-13-11-25(12-14-26)21-10-9-19(23-24-21)17-5-3-2-4-6-17/h2-10,15H,11-14H2,1H3. The molecule has 1 saturated heterocycles. The highest BCUT2D eigenvalue weighted by Crippen LogP contribution is 2.22. The zero-order valence-corrected chi connectivity index (χ0v) is 16.6. The average molecular weight is 403 g/mol. The number of carbonyl (C=O) groups excluding carboxylic acids is 1. The van der Waals surface area contributed by atoms with Crippen molar-refractivity contribution in [2.24, 2.45) is 0 Å². The quantitative estimate of drug-likeness (QED) is 0.490. The van der Waals surface area contributed by atoms with Gasteiger partial charge in [0.1, 0.15) is 0 Å². The van der Waals surface area contributed by atoms with E-state index in [9.17, 15) is 14.9 Å². The number of piperazine rings is 1. The van der Waals surface area contributed by atoms with E-state index in [1.54, 1.807) is 24.0 Å². The number of anilines is 1. The molecule has 2 aromatic carbocycles. The molecule has 0 bridgehead atoms. The summed E-state index contributed by atoms with van der Waals surface area (Å²) in [5.41, 5.74) is 2.67. The van der Waals surface area contributed by atoms with Crippen LogP contribution in [0.5, 0.6) is 0 Å². The van der Waals surface area contributed by atoms with E-state index >= 15 is 0 Å². The summed E-state index contributed by atoms with van der Waals surface area (Å²) in [5.74, 6) is 0.580. The lowest BCUT2D eigenvalue weighted by molar-refractivity contribution is -0.385. The average Bonchev–Trinajstić information content (AvgIpc) is 2.79. The van der Waals surface area contributed by atoms with Gasteiger partial charge in [-0.2, -0.15) is 0 Å². The summed E-state index contributed by atoms with van der Waals surface area (Å²) in [4.78, 5) is 27.3. The minimum absolute atomic E-state index is 0.0340. The molecule has 1 fully saturated rings. The second-order valence-electron chi connectivity index (χ2n) is 7.18. The third-order valence-electron chi connectivity index (χ3n) is 5.26. The van der Waals surface area contributed by atoms with Crippen LogP contribution in [0.15, 0.2) is 60.7 Å². The SMILES string of the molecule is Cc1ccc(C(=O)N2CCN(c3ccc(-c4ccccc4)nn3)CC2)cc1[N+](=O)[O-]. The van der Waals surface area contributed by atoms with Crippen LogP contribution < -0.4 is 4.90 Å². The van der Waals surface area contributed by atoms with E-state index < -0.39 is 4.92 Å². The Balaban J connectivity index is 1.41. The molecule has 4 rings (SSSR count). The maximum absolute atomic E-state index is 12.8. The van der Waals surface area contributed by atoms with E-state index in [2.05, 4.69) is 15.1 Å². The number of aromatic nitrogens is 2. The minimum Gasteiger partial charge on any atom is -0.352 e. The molecule has 1 aliphatic rings. The Kier molecular flexibility index (Phi) is 5.38. The van der Waals surface area contributed by atoms with Gasteiger partial charge in [0.2, 0.25) is 0 Å². The molecule has 0 saturated carbocycles. The molecule has 0 N–H and O–H groups in total. The first-order valence-electron chi connectivity index (χ1n) is 9.71. The number of nitro groups is 1. The molecule has 8 heteroatoms. The van der Waals surface area contributed by atoms with E-state index in [1.807, 2.05) is 42.5 Å². The maximum Gasteiger partial charge on any atom is 0.273 e. The van der Waals surface area contributed by atoms with E-state index in [-0.39, 0.29) is 11.6 Å². The molecule has 30 heavy (non-hydrogen) atoms. The molecule has 2 heterocycles. The highest BCUT2D eigenvalue weighted by Gasteiger charge is 2.24. The Labute approximate surface area is 173 Å². The van der Waals surface area contributed by atoms with E-state index in [4.69, 9.17) is 0 Å². The van der Waals surface area contributed by atoms with Crippen LogP contribution in [-0.2, 0) is 0 Å². The van der Waals surface area contributed by atoms with Crippen LogP contribution in [0.1, 0.15) is 15.9 Å². The summed E-state index contributed by atoms with van der Waals surface area (Å²) < 4.78 is 0. The molecule has 8 nitrogen and oxygen atoms in total. The molecule has 0 unspecified atom stereocenters. The highest BCUT2D eigenvalue weighted by molar-refractivity contribution is 5.95. The zero-order chi connectivity index (χ0) is 21.1. The third kappa shape index (κ3) is 3.98. The number of benzene rings is 2. The molecule has 0 spiro atoms. The number of amides is 1. The number of carbonyl (C=O) groups is 1. The van der Waals surface area contributed by atoms with Crippen LogP contribution >= 0.6 is 0 Å². The van der Waals surface area contributed by atoms with Crippen LogP contribution in [-0.4, -0.2) is 52.1 Å². The molecule has 152 valence electrons. The summed E-state index contributed by atoms with van der Waals surface area (Å²) in [7, 11) is 0. The van der Waals surface area contributed by atoms with Gasteiger partial charge in [-0.25, -0.2) is 0 Å². The van der Waals surface area contributed by atoms with Gasteiger partial charge in [-0.1, -0.05) is 36.4 Å². The molecule has 0 atom stereocenters. The lowest BCUT2D eigenvalue weighted by Gasteiger charge is -2.35.